The molecular formula is C23H27N3O4S. The lowest BCUT2D eigenvalue weighted by Crippen LogP contribution is -2.48. The quantitative estimate of drug-likeness (QED) is 0.547. The summed E-state index contributed by atoms with van der Waals surface area (Å²) < 4.78 is 0. The molecule has 7 nitrogen and oxygen atoms in total. The van der Waals surface area contributed by atoms with Crippen LogP contribution < -0.4 is 11.1 Å². The minimum atomic E-state index is -0.881. The molecule has 4 N–H and O–H groups in total. The van der Waals surface area contributed by atoms with Crippen molar-refractivity contribution in [3.05, 3.63) is 71.3 Å². The Morgan fingerprint density at radius 3 is 2.42 bits per heavy atom. The molecule has 0 saturated carbocycles. The number of amides is 2. The molecular weight excluding hydrogens is 414 g/mol. The van der Waals surface area contributed by atoms with Gasteiger partial charge < -0.3 is 21.1 Å². The summed E-state index contributed by atoms with van der Waals surface area (Å²) in [5.41, 5.74) is 8.84. The predicted octanol–water partition coefficient (Wildman–Crippen LogP) is 1.79. The average molecular weight is 442 g/mol. The van der Waals surface area contributed by atoms with Crippen molar-refractivity contribution in [3.63, 3.8) is 0 Å². The van der Waals surface area contributed by atoms with E-state index in [2.05, 4.69) is 5.32 Å². The lowest BCUT2D eigenvalue weighted by Gasteiger charge is -2.24. The van der Waals surface area contributed by atoms with E-state index in [0.717, 1.165) is 11.1 Å². The molecule has 2 amide bonds. The zero-order valence-corrected chi connectivity index (χ0v) is 18.0. The number of thioether (sulfide) groups is 1. The first kappa shape index (κ1) is 22.8. The van der Waals surface area contributed by atoms with E-state index in [1.54, 1.807) is 40.9 Å². The Bertz CT molecular complexity index is 905. The van der Waals surface area contributed by atoms with Gasteiger partial charge in [-0.15, -0.1) is 11.8 Å². The van der Waals surface area contributed by atoms with Crippen LogP contribution in [-0.4, -0.2) is 51.5 Å². The molecule has 2 aromatic carbocycles. The summed E-state index contributed by atoms with van der Waals surface area (Å²) in [6.07, 6.45) is 0.780. The average Bonchev–Trinajstić information content (AvgIpc) is 3.23. The van der Waals surface area contributed by atoms with Crippen molar-refractivity contribution >= 4 is 29.5 Å². The van der Waals surface area contributed by atoms with Crippen molar-refractivity contribution < 1.29 is 19.5 Å². The van der Waals surface area contributed by atoms with E-state index in [0.29, 0.717) is 30.2 Å². The molecule has 164 valence electrons. The number of aliphatic carboxylic acids is 1. The Morgan fingerprint density at radius 2 is 1.74 bits per heavy atom. The summed E-state index contributed by atoms with van der Waals surface area (Å²) in [7, 11) is 0. The number of benzene rings is 2. The van der Waals surface area contributed by atoms with Gasteiger partial charge in [0.05, 0.1) is 12.3 Å². The number of carbonyl (C=O) groups is 3. The molecule has 1 aliphatic rings. The van der Waals surface area contributed by atoms with Gasteiger partial charge >= 0.3 is 5.97 Å². The van der Waals surface area contributed by atoms with Crippen molar-refractivity contribution in [3.8, 4) is 0 Å². The van der Waals surface area contributed by atoms with E-state index in [9.17, 15) is 14.4 Å². The lowest BCUT2D eigenvalue weighted by molar-refractivity contribution is -0.138. The van der Waals surface area contributed by atoms with Crippen molar-refractivity contribution in [2.24, 2.45) is 5.73 Å². The standard InChI is InChI=1S/C23H27N3O4S/c24-19(10-16-4-2-1-3-5-16)12-21(27)26-15-31-14-20(26)23(30)25-13-18-8-6-17(7-9-18)11-22(28)29/h1-9,19-20H,10-15,24H2,(H,25,30)(H,28,29)/t19?,20-/m0/s1. The molecule has 3 rings (SSSR count). The number of hydrogen-bond acceptors (Lipinski definition) is 5. The molecule has 0 radical (unpaired) electrons. The van der Waals surface area contributed by atoms with Gasteiger partial charge in [0.15, 0.2) is 0 Å². The highest BCUT2D eigenvalue weighted by atomic mass is 32.2. The van der Waals surface area contributed by atoms with Crippen LogP contribution >= 0.6 is 11.8 Å². The van der Waals surface area contributed by atoms with E-state index in [1.807, 2.05) is 30.3 Å². The highest BCUT2D eigenvalue weighted by Crippen LogP contribution is 2.22. The molecule has 1 aliphatic heterocycles. The van der Waals surface area contributed by atoms with E-state index in [4.69, 9.17) is 10.8 Å². The second kappa shape index (κ2) is 11.0. The summed E-state index contributed by atoms with van der Waals surface area (Å²) in [5, 5.41) is 11.7. The van der Waals surface area contributed by atoms with Gasteiger partial charge in [-0.25, -0.2) is 0 Å². The van der Waals surface area contributed by atoms with Crippen molar-refractivity contribution in [1.29, 1.82) is 0 Å². The van der Waals surface area contributed by atoms with Gasteiger partial charge in [-0.2, -0.15) is 0 Å². The van der Waals surface area contributed by atoms with E-state index >= 15 is 0 Å². The molecule has 1 heterocycles. The first-order chi connectivity index (χ1) is 14.9. The Labute approximate surface area is 186 Å². The molecule has 0 aliphatic carbocycles. The molecule has 1 fully saturated rings. The van der Waals surface area contributed by atoms with Gasteiger partial charge in [-0.1, -0.05) is 54.6 Å². The highest BCUT2D eigenvalue weighted by molar-refractivity contribution is 7.99. The molecule has 1 saturated heterocycles. The number of nitrogens with two attached hydrogens (primary N) is 1. The fraction of sp³-hybridized carbons (Fsp3) is 0.348. The number of carbonyl (C=O) groups excluding carboxylic acids is 2. The minimum Gasteiger partial charge on any atom is -0.481 e. The van der Waals surface area contributed by atoms with Crippen molar-refractivity contribution in [2.75, 3.05) is 11.6 Å². The van der Waals surface area contributed by atoms with E-state index < -0.39 is 12.0 Å². The maximum atomic E-state index is 12.8. The third-order valence-electron chi connectivity index (χ3n) is 5.13. The molecule has 2 aromatic rings. The molecule has 0 spiro atoms. The molecule has 8 heteroatoms. The zero-order valence-electron chi connectivity index (χ0n) is 17.2. The lowest BCUT2D eigenvalue weighted by atomic mass is 10.0. The third-order valence-corrected chi connectivity index (χ3v) is 6.14. The third kappa shape index (κ3) is 6.83. The Kier molecular flexibility index (Phi) is 8.08. The molecule has 0 aromatic heterocycles. The monoisotopic (exact) mass is 441 g/mol. The van der Waals surface area contributed by atoms with Crippen LogP contribution in [0.4, 0.5) is 0 Å². The van der Waals surface area contributed by atoms with E-state index in [1.165, 1.54) is 0 Å². The van der Waals surface area contributed by atoms with Gasteiger partial charge in [0, 0.05) is 24.8 Å². The Balaban J connectivity index is 1.50. The fourth-order valence-corrected chi connectivity index (χ4v) is 4.67. The van der Waals surface area contributed by atoms with E-state index in [-0.39, 0.29) is 30.7 Å². The second-order valence-electron chi connectivity index (χ2n) is 7.64. The van der Waals surface area contributed by atoms with Gasteiger partial charge in [0.2, 0.25) is 11.8 Å². The maximum Gasteiger partial charge on any atom is 0.307 e. The van der Waals surface area contributed by atoms with Crippen LogP contribution in [0.25, 0.3) is 0 Å². The van der Waals surface area contributed by atoms with Crippen molar-refractivity contribution in [1.82, 2.24) is 10.2 Å². The summed E-state index contributed by atoms with van der Waals surface area (Å²) >= 11 is 1.56. The first-order valence-corrected chi connectivity index (χ1v) is 11.3. The van der Waals surface area contributed by atoms with Gasteiger partial charge in [-0.05, 0) is 23.1 Å². The van der Waals surface area contributed by atoms with Crippen LogP contribution in [-0.2, 0) is 33.8 Å². The number of carboxylic acids is 1. The van der Waals surface area contributed by atoms with Gasteiger partial charge in [0.25, 0.3) is 0 Å². The van der Waals surface area contributed by atoms with Crippen LogP contribution in [0.2, 0.25) is 0 Å². The summed E-state index contributed by atoms with van der Waals surface area (Å²) in [6.45, 7) is 0.322. The van der Waals surface area contributed by atoms with Crippen LogP contribution in [0.1, 0.15) is 23.1 Å². The van der Waals surface area contributed by atoms with Crippen molar-refractivity contribution in [2.45, 2.75) is 37.9 Å². The number of carboxylic acid groups (broad SMARTS) is 1. The number of rotatable bonds is 9. The normalized spacial score (nSPS) is 16.7. The second-order valence-corrected chi connectivity index (χ2v) is 8.64. The Hall–Kier alpha value is -2.84. The number of hydrogen-bond donors (Lipinski definition) is 3. The van der Waals surface area contributed by atoms with Crippen LogP contribution in [0.5, 0.6) is 0 Å². The van der Waals surface area contributed by atoms with Gasteiger partial charge in [-0.3, -0.25) is 14.4 Å². The summed E-state index contributed by atoms with van der Waals surface area (Å²) in [5.74, 6) is -0.133. The SMILES string of the molecule is NC(CC(=O)N1CSC[C@H]1C(=O)NCc1ccc(CC(=O)O)cc1)Cc1ccccc1. The van der Waals surface area contributed by atoms with Crippen LogP contribution in [0, 0.1) is 0 Å². The predicted molar refractivity (Wildman–Crippen MR) is 120 cm³/mol. The summed E-state index contributed by atoms with van der Waals surface area (Å²) in [6, 6.07) is 16.1. The highest BCUT2D eigenvalue weighted by Gasteiger charge is 2.34. The largest absolute Gasteiger partial charge is 0.481 e. The van der Waals surface area contributed by atoms with Crippen LogP contribution in [0.15, 0.2) is 54.6 Å². The fourth-order valence-electron chi connectivity index (χ4n) is 3.49. The minimum absolute atomic E-state index is 0.0323. The topological polar surface area (TPSA) is 113 Å². The molecule has 2 atom stereocenters. The Morgan fingerprint density at radius 1 is 1.06 bits per heavy atom. The summed E-state index contributed by atoms with van der Waals surface area (Å²) in [4.78, 5) is 37.8. The number of nitrogens with one attached hydrogen (secondary N) is 1. The van der Waals surface area contributed by atoms with Gasteiger partial charge in [0.1, 0.15) is 6.04 Å². The molecule has 31 heavy (non-hydrogen) atoms. The number of nitrogens with zero attached hydrogens (tertiary/aromatic N) is 1. The molecule has 1 unspecified atom stereocenters. The maximum absolute atomic E-state index is 12.8. The van der Waals surface area contributed by atoms with Crippen LogP contribution in [0.3, 0.4) is 0 Å². The smallest absolute Gasteiger partial charge is 0.307 e. The molecule has 0 bridgehead atoms. The zero-order chi connectivity index (χ0) is 22.2. The first-order valence-electron chi connectivity index (χ1n) is 10.2.